The van der Waals surface area contributed by atoms with Crippen molar-refractivity contribution in [1.82, 2.24) is 0 Å². The quantitative estimate of drug-likeness (QED) is 0.601. The third-order valence-corrected chi connectivity index (χ3v) is 11.1. The van der Waals surface area contributed by atoms with Crippen molar-refractivity contribution in [3.8, 4) is 11.8 Å². The molecule has 0 aliphatic carbocycles. The van der Waals surface area contributed by atoms with Gasteiger partial charge in [-0.25, -0.2) is 0 Å². The SMILES string of the molecule is Cc1cc(C)c(C#C[C@H](C)[C@H](O)[Si](C)(C)C(C)(C)C)c(C)c1. The molecule has 1 aromatic carbocycles. The Morgan fingerprint density at radius 1 is 1.05 bits per heavy atom. The summed E-state index contributed by atoms with van der Waals surface area (Å²) >= 11 is 0. The number of hydrogen-bond donors (Lipinski definition) is 1. The van der Waals surface area contributed by atoms with E-state index in [4.69, 9.17) is 0 Å². The molecule has 0 unspecified atom stereocenters. The molecule has 122 valence electrons. The van der Waals surface area contributed by atoms with E-state index in [0.29, 0.717) is 0 Å². The lowest BCUT2D eigenvalue weighted by Crippen LogP contribution is -2.52. The smallest absolute Gasteiger partial charge is 0.0880 e. The third-order valence-electron chi connectivity index (χ3n) is 5.25. The Kier molecular flexibility index (Phi) is 5.70. The van der Waals surface area contributed by atoms with Crippen LogP contribution >= 0.6 is 0 Å². The fraction of sp³-hybridized carbons (Fsp3) is 0.600. The number of hydrogen-bond acceptors (Lipinski definition) is 1. The van der Waals surface area contributed by atoms with Crippen LogP contribution in [0, 0.1) is 38.5 Å². The molecule has 0 aromatic heterocycles. The zero-order chi connectivity index (χ0) is 17.3. The van der Waals surface area contributed by atoms with Gasteiger partial charge in [0.25, 0.3) is 0 Å². The Labute approximate surface area is 138 Å². The first-order valence-electron chi connectivity index (χ1n) is 8.15. The van der Waals surface area contributed by atoms with Crippen LogP contribution < -0.4 is 0 Å². The van der Waals surface area contributed by atoms with Crippen molar-refractivity contribution in [2.75, 3.05) is 0 Å². The van der Waals surface area contributed by atoms with Crippen LogP contribution in [0.1, 0.15) is 49.9 Å². The normalized spacial score (nSPS) is 15.0. The summed E-state index contributed by atoms with van der Waals surface area (Å²) in [4.78, 5) is 0. The largest absolute Gasteiger partial charge is 0.395 e. The summed E-state index contributed by atoms with van der Waals surface area (Å²) in [7, 11) is -1.79. The Balaban J connectivity index is 3.08. The number of rotatable bonds is 2. The first-order valence-corrected chi connectivity index (χ1v) is 11.2. The predicted molar refractivity (Wildman–Crippen MR) is 99.9 cm³/mol. The molecule has 2 atom stereocenters. The van der Waals surface area contributed by atoms with Crippen molar-refractivity contribution in [2.24, 2.45) is 5.92 Å². The lowest BCUT2D eigenvalue weighted by molar-refractivity contribution is 0.204. The predicted octanol–water partition coefficient (Wildman–Crippen LogP) is 5.01. The van der Waals surface area contributed by atoms with Crippen LogP contribution in [0.15, 0.2) is 12.1 Å². The van der Waals surface area contributed by atoms with Gasteiger partial charge in [0.05, 0.1) is 13.8 Å². The molecule has 1 nitrogen and oxygen atoms in total. The van der Waals surface area contributed by atoms with Gasteiger partial charge in [-0.1, -0.05) is 63.4 Å². The van der Waals surface area contributed by atoms with Gasteiger partial charge in [0.15, 0.2) is 0 Å². The van der Waals surface area contributed by atoms with Crippen LogP contribution in [-0.4, -0.2) is 18.9 Å². The fourth-order valence-corrected chi connectivity index (χ4v) is 4.93. The third kappa shape index (κ3) is 4.03. The van der Waals surface area contributed by atoms with E-state index in [9.17, 15) is 5.11 Å². The van der Waals surface area contributed by atoms with Gasteiger partial charge in [-0.3, -0.25) is 0 Å². The first-order chi connectivity index (χ1) is 9.87. The molecule has 0 radical (unpaired) electrons. The molecule has 0 spiro atoms. The van der Waals surface area contributed by atoms with Crippen LogP contribution in [-0.2, 0) is 0 Å². The summed E-state index contributed by atoms with van der Waals surface area (Å²) in [5, 5.41) is 11.0. The topological polar surface area (TPSA) is 20.2 Å². The van der Waals surface area contributed by atoms with Crippen LogP contribution in [0.5, 0.6) is 0 Å². The molecular weight excluding hydrogens is 284 g/mol. The van der Waals surface area contributed by atoms with E-state index < -0.39 is 8.07 Å². The Hall–Kier alpha value is -1.04. The molecule has 0 bridgehead atoms. The standard InChI is InChI=1S/C20H32OSi/c1-14-12-16(3)18(17(4)13-14)11-10-15(2)19(21)22(8,9)20(5,6)7/h12-13,15,19,21H,1-9H3/t15-,19+/m0/s1. The maximum absolute atomic E-state index is 10.8. The highest BCUT2D eigenvalue weighted by atomic mass is 28.3. The molecule has 1 rings (SSSR count). The monoisotopic (exact) mass is 316 g/mol. The van der Waals surface area contributed by atoms with E-state index in [2.05, 4.69) is 85.5 Å². The van der Waals surface area contributed by atoms with E-state index in [-0.39, 0.29) is 16.7 Å². The molecule has 0 amide bonds. The van der Waals surface area contributed by atoms with Crippen LogP contribution in [0.25, 0.3) is 0 Å². The van der Waals surface area contributed by atoms with E-state index in [0.717, 1.165) is 5.56 Å². The second-order valence-electron chi connectivity index (χ2n) is 8.25. The summed E-state index contributed by atoms with van der Waals surface area (Å²) in [6.45, 7) is 19.6. The van der Waals surface area contributed by atoms with Crippen molar-refractivity contribution >= 4 is 8.07 Å². The van der Waals surface area contributed by atoms with Crippen molar-refractivity contribution in [1.29, 1.82) is 0 Å². The molecule has 2 heteroatoms. The van der Waals surface area contributed by atoms with Gasteiger partial charge in [-0.15, -0.1) is 0 Å². The number of aliphatic hydroxyl groups excluding tert-OH is 1. The molecular formula is C20H32OSi. The lowest BCUT2D eigenvalue weighted by Gasteiger charge is -2.41. The maximum Gasteiger partial charge on any atom is 0.0880 e. The minimum Gasteiger partial charge on any atom is -0.395 e. The Morgan fingerprint density at radius 3 is 1.91 bits per heavy atom. The van der Waals surface area contributed by atoms with Crippen molar-refractivity contribution in [3.05, 3.63) is 34.4 Å². The Morgan fingerprint density at radius 2 is 1.50 bits per heavy atom. The summed E-state index contributed by atoms with van der Waals surface area (Å²) in [5.74, 6) is 6.64. The molecule has 0 saturated heterocycles. The second kappa shape index (κ2) is 6.60. The van der Waals surface area contributed by atoms with E-state index >= 15 is 0 Å². The van der Waals surface area contributed by atoms with Crippen LogP contribution in [0.2, 0.25) is 18.1 Å². The average Bonchev–Trinajstić information content (AvgIpc) is 2.34. The molecule has 0 aliphatic heterocycles. The highest BCUT2D eigenvalue weighted by Gasteiger charge is 2.43. The maximum atomic E-state index is 10.8. The summed E-state index contributed by atoms with van der Waals surface area (Å²) in [6.07, 6.45) is 0. The molecule has 0 saturated carbocycles. The minimum atomic E-state index is -1.79. The van der Waals surface area contributed by atoms with Crippen molar-refractivity contribution in [2.45, 2.75) is 72.3 Å². The molecule has 22 heavy (non-hydrogen) atoms. The second-order valence-corrected chi connectivity index (χ2v) is 13.8. The zero-order valence-electron chi connectivity index (χ0n) is 15.8. The summed E-state index contributed by atoms with van der Waals surface area (Å²) in [6, 6.07) is 4.35. The number of benzene rings is 1. The van der Waals surface area contributed by atoms with E-state index in [1.807, 2.05) is 0 Å². The van der Waals surface area contributed by atoms with Gasteiger partial charge in [0.2, 0.25) is 0 Å². The highest BCUT2D eigenvalue weighted by Crippen LogP contribution is 2.39. The Bertz CT molecular complexity index is 573. The van der Waals surface area contributed by atoms with E-state index in [1.54, 1.807) is 0 Å². The van der Waals surface area contributed by atoms with Crippen molar-refractivity contribution in [3.63, 3.8) is 0 Å². The van der Waals surface area contributed by atoms with Crippen molar-refractivity contribution < 1.29 is 5.11 Å². The van der Waals surface area contributed by atoms with Crippen LogP contribution in [0.4, 0.5) is 0 Å². The molecule has 0 fully saturated rings. The molecule has 0 aliphatic rings. The van der Waals surface area contributed by atoms with Gasteiger partial charge >= 0.3 is 0 Å². The average molecular weight is 317 g/mol. The van der Waals surface area contributed by atoms with Gasteiger partial charge in [0, 0.05) is 11.5 Å². The number of aliphatic hydroxyl groups is 1. The molecule has 0 heterocycles. The van der Waals surface area contributed by atoms with E-state index in [1.165, 1.54) is 16.7 Å². The zero-order valence-corrected chi connectivity index (χ0v) is 16.8. The molecule has 1 N–H and O–H groups in total. The van der Waals surface area contributed by atoms with Gasteiger partial charge in [-0.05, 0) is 43.9 Å². The lowest BCUT2D eigenvalue weighted by atomic mass is 9.99. The molecule has 1 aromatic rings. The summed E-state index contributed by atoms with van der Waals surface area (Å²) in [5.41, 5.74) is 4.51. The van der Waals surface area contributed by atoms with Gasteiger partial charge in [-0.2, -0.15) is 0 Å². The first kappa shape index (κ1) is 19.0. The minimum absolute atomic E-state index is 0.000921. The summed E-state index contributed by atoms with van der Waals surface area (Å²) < 4.78 is 0. The van der Waals surface area contributed by atoms with Gasteiger partial charge < -0.3 is 5.11 Å². The fourth-order valence-electron chi connectivity index (χ4n) is 2.71. The van der Waals surface area contributed by atoms with Gasteiger partial charge in [0.1, 0.15) is 0 Å². The van der Waals surface area contributed by atoms with Crippen LogP contribution in [0.3, 0.4) is 0 Å². The number of aryl methyl sites for hydroxylation is 3. The highest BCUT2D eigenvalue weighted by molar-refractivity contribution is 6.81.